The van der Waals surface area contributed by atoms with Crippen LogP contribution in [0.1, 0.15) is 12.5 Å². The molecule has 32 heavy (non-hydrogen) atoms. The number of thioether (sulfide) groups is 1. The van der Waals surface area contributed by atoms with Gasteiger partial charge in [-0.2, -0.15) is 0 Å². The Hall–Kier alpha value is -3.03. The highest BCUT2D eigenvalue weighted by atomic mass is 32.2. The van der Waals surface area contributed by atoms with Gasteiger partial charge in [0, 0.05) is 21.9 Å². The number of para-hydroxylation sites is 2. The molecule has 0 fully saturated rings. The van der Waals surface area contributed by atoms with Gasteiger partial charge < -0.3 is 4.57 Å². The number of carbonyl (C=O) groups is 1. The second kappa shape index (κ2) is 8.84. The van der Waals surface area contributed by atoms with E-state index >= 15 is 0 Å². The van der Waals surface area contributed by atoms with E-state index < -0.39 is 0 Å². The fraction of sp³-hybridized carbons (Fsp3) is 0.160. The number of amides is 1. The highest BCUT2D eigenvalue weighted by Gasteiger charge is 2.28. The second-order valence-corrected chi connectivity index (χ2v) is 9.50. The average molecular weight is 459 g/mol. The molecule has 1 amide bonds. The zero-order valence-electron chi connectivity index (χ0n) is 17.9. The first-order chi connectivity index (χ1) is 15.7. The lowest BCUT2D eigenvalue weighted by Gasteiger charge is -2.30. The van der Waals surface area contributed by atoms with E-state index in [0.29, 0.717) is 0 Å². The molecule has 4 aromatic rings. The lowest BCUT2D eigenvalue weighted by Crippen LogP contribution is -2.30. The van der Waals surface area contributed by atoms with Crippen LogP contribution in [0, 0.1) is 6.92 Å². The van der Waals surface area contributed by atoms with Crippen LogP contribution in [0.5, 0.6) is 0 Å². The summed E-state index contributed by atoms with van der Waals surface area (Å²) >= 11 is 3.13. The van der Waals surface area contributed by atoms with Gasteiger partial charge in [0.15, 0.2) is 11.0 Å². The summed E-state index contributed by atoms with van der Waals surface area (Å²) in [5.41, 5.74) is 4.09. The van der Waals surface area contributed by atoms with Crippen LogP contribution in [0.3, 0.4) is 0 Å². The Morgan fingerprint density at radius 3 is 2.16 bits per heavy atom. The predicted molar refractivity (Wildman–Crippen MR) is 131 cm³/mol. The van der Waals surface area contributed by atoms with Crippen molar-refractivity contribution in [2.24, 2.45) is 0 Å². The van der Waals surface area contributed by atoms with Crippen molar-refractivity contribution >= 4 is 40.8 Å². The Morgan fingerprint density at radius 2 is 1.53 bits per heavy atom. The number of aromatic nitrogens is 3. The van der Waals surface area contributed by atoms with E-state index in [1.165, 1.54) is 17.3 Å². The molecule has 0 aliphatic carbocycles. The van der Waals surface area contributed by atoms with Gasteiger partial charge in [-0.3, -0.25) is 9.69 Å². The van der Waals surface area contributed by atoms with Gasteiger partial charge in [-0.1, -0.05) is 77.6 Å². The first-order valence-corrected chi connectivity index (χ1v) is 12.3. The van der Waals surface area contributed by atoms with E-state index in [-0.39, 0.29) is 11.7 Å². The smallest absolute Gasteiger partial charge is 0.242 e. The molecule has 3 aromatic carbocycles. The Balaban J connectivity index is 1.41. The number of hydrogen-bond acceptors (Lipinski definition) is 5. The highest BCUT2D eigenvalue weighted by Crippen LogP contribution is 2.48. The molecule has 1 aliphatic heterocycles. The standard InChI is InChI=1S/C25H22N4OS2/c1-3-28-24(18-14-12-17(2)13-15-18)26-27-25(28)31-16-23(30)29-19-8-4-6-10-21(19)32-22-11-7-5-9-20(22)29/h4-15H,3,16H2,1-2H3. The van der Waals surface area contributed by atoms with Crippen molar-refractivity contribution in [3.05, 3.63) is 78.4 Å². The number of rotatable bonds is 5. The van der Waals surface area contributed by atoms with Crippen molar-refractivity contribution in [3.63, 3.8) is 0 Å². The molecule has 1 aromatic heterocycles. The summed E-state index contributed by atoms with van der Waals surface area (Å²) in [4.78, 5) is 17.5. The molecule has 0 saturated heterocycles. The van der Waals surface area contributed by atoms with E-state index in [0.717, 1.165) is 44.3 Å². The normalized spacial score (nSPS) is 12.4. The third-order valence-electron chi connectivity index (χ3n) is 5.35. The summed E-state index contributed by atoms with van der Waals surface area (Å²) in [6.07, 6.45) is 0. The van der Waals surface area contributed by atoms with Crippen LogP contribution in [0.25, 0.3) is 11.4 Å². The summed E-state index contributed by atoms with van der Waals surface area (Å²) in [5, 5.41) is 9.56. The number of benzene rings is 3. The molecule has 0 N–H and O–H groups in total. The first kappa shape index (κ1) is 20.8. The fourth-order valence-corrected chi connectivity index (χ4v) is 5.67. The Morgan fingerprint density at radius 1 is 0.906 bits per heavy atom. The van der Waals surface area contributed by atoms with Gasteiger partial charge in [-0.05, 0) is 38.1 Å². The molecule has 0 saturated carbocycles. The van der Waals surface area contributed by atoms with Crippen LogP contribution in [0.2, 0.25) is 0 Å². The van der Waals surface area contributed by atoms with Gasteiger partial charge in [0.2, 0.25) is 5.91 Å². The molecule has 1 aliphatic rings. The molecule has 0 spiro atoms. The van der Waals surface area contributed by atoms with Crippen molar-refractivity contribution in [2.45, 2.75) is 35.3 Å². The van der Waals surface area contributed by atoms with E-state index in [1.807, 2.05) is 41.3 Å². The summed E-state index contributed by atoms with van der Waals surface area (Å²) < 4.78 is 2.07. The van der Waals surface area contributed by atoms with Crippen LogP contribution in [-0.2, 0) is 11.3 Å². The second-order valence-electron chi connectivity index (χ2n) is 7.47. The minimum atomic E-state index is 0.0257. The lowest BCUT2D eigenvalue weighted by atomic mass is 10.1. The number of nitrogens with zero attached hydrogens (tertiary/aromatic N) is 4. The molecular weight excluding hydrogens is 436 g/mol. The van der Waals surface area contributed by atoms with Crippen molar-refractivity contribution in [1.82, 2.24) is 14.8 Å². The van der Waals surface area contributed by atoms with E-state index in [9.17, 15) is 4.79 Å². The fourth-order valence-electron chi connectivity index (χ4n) is 3.76. The number of hydrogen-bond donors (Lipinski definition) is 0. The number of anilines is 2. The topological polar surface area (TPSA) is 51.0 Å². The molecule has 160 valence electrons. The Bertz CT molecular complexity index is 1240. The third kappa shape index (κ3) is 3.82. The van der Waals surface area contributed by atoms with Crippen LogP contribution >= 0.6 is 23.5 Å². The number of fused-ring (bicyclic) bond motifs is 2. The van der Waals surface area contributed by atoms with Gasteiger partial charge in [-0.15, -0.1) is 10.2 Å². The van der Waals surface area contributed by atoms with Gasteiger partial charge in [-0.25, -0.2) is 0 Å². The lowest BCUT2D eigenvalue weighted by molar-refractivity contribution is -0.115. The highest BCUT2D eigenvalue weighted by molar-refractivity contribution is 8.00. The van der Waals surface area contributed by atoms with Crippen molar-refractivity contribution in [1.29, 1.82) is 0 Å². The van der Waals surface area contributed by atoms with Crippen molar-refractivity contribution in [2.75, 3.05) is 10.7 Å². The molecule has 0 atom stereocenters. The molecule has 0 bridgehead atoms. The minimum absolute atomic E-state index is 0.0257. The first-order valence-electron chi connectivity index (χ1n) is 10.5. The van der Waals surface area contributed by atoms with Crippen LogP contribution < -0.4 is 4.90 Å². The van der Waals surface area contributed by atoms with Gasteiger partial charge in [0.05, 0.1) is 17.1 Å². The Kier molecular flexibility index (Phi) is 5.76. The largest absolute Gasteiger partial charge is 0.302 e. The molecule has 7 heteroatoms. The quantitative estimate of drug-likeness (QED) is 0.334. The van der Waals surface area contributed by atoms with E-state index in [4.69, 9.17) is 0 Å². The molecule has 5 nitrogen and oxygen atoms in total. The zero-order valence-corrected chi connectivity index (χ0v) is 19.5. The summed E-state index contributed by atoms with van der Waals surface area (Å²) in [5.74, 6) is 1.13. The van der Waals surface area contributed by atoms with Gasteiger partial charge >= 0.3 is 0 Å². The maximum absolute atomic E-state index is 13.4. The van der Waals surface area contributed by atoms with Crippen LogP contribution in [0.4, 0.5) is 11.4 Å². The van der Waals surface area contributed by atoms with Gasteiger partial charge in [0.25, 0.3) is 0 Å². The monoisotopic (exact) mass is 458 g/mol. The zero-order chi connectivity index (χ0) is 22.1. The van der Waals surface area contributed by atoms with Crippen LogP contribution in [-0.4, -0.2) is 26.4 Å². The molecule has 5 rings (SSSR count). The third-order valence-corrected chi connectivity index (χ3v) is 7.43. The maximum atomic E-state index is 13.4. The minimum Gasteiger partial charge on any atom is -0.302 e. The summed E-state index contributed by atoms with van der Waals surface area (Å²) in [7, 11) is 0. The Labute approximate surface area is 195 Å². The summed E-state index contributed by atoms with van der Waals surface area (Å²) in [6.45, 7) is 4.87. The van der Waals surface area contributed by atoms with E-state index in [1.54, 1.807) is 11.8 Å². The predicted octanol–water partition coefficient (Wildman–Crippen LogP) is 6.20. The number of aryl methyl sites for hydroxylation is 1. The van der Waals surface area contributed by atoms with Crippen molar-refractivity contribution < 1.29 is 4.79 Å². The SMILES string of the molecule is CCn1c(SCC(=O)N2c3ccccc3Sc3ccccc32)nnc1-c1ccc(C)cc1. The summed E-state index contributed by atoms with van der Waals surface area (Å²) in [6, 6.07) is 24.4. The average Bonchev–Trinajstić information content (AvgIpc) is 3.24. The maximum Gasteiger partial charge on any atom is 0.242 e. The van der Waals surface area contributed by atoms with E-state index in [2.05, 4.69) is 65.0 Å². The van der Waals surface area contributed by atoms with Crippen molar-refractivity contribution in [3.8, 4) is 11.4 Å². The van der Waals surface area contributed by atoms with Crippen LogP contribution in [0.15, 0.2) is 87.7 Å². The number of carbonyl (C=O) groups excluding carboxylic acids is 1. The molecule has 2 heterocycles. The molecule has 0 unspecified atom stereocenters. The van der Waals surface area contributed by atoms with Gasteiger partial charge in [0.1, 0.15) is 0 Å². The molecule has 0 radical (unpaired) electrons. The molecular formula is C25H22N4OS2.